The van der Waals surface area contributed by atoms with E-state index < -0.39 is 6.04 Å². The lowest BCUT2D eigenvalue weighted by molar-refractivity contribution is -0.146. The van der Waals surface area contributed by atoms with Gasteiger partial charge in [0.05, 0.1) is 25.3 Å². The van der Waals surface area contributed by atoms with Crippen molar-refractivity contribution in [2.45, 2.75) is 19.9 Å². The Labute approximate surface area is 117 Å². The molecule has 0 aliphatic heterocycles. The Hall–Kier alpha value is -2.37. The Bertz CT molecular complexity index is 607. The number of nitrogen functional groups attached to an aromatic ring is 1. The van der Waals surface area contributed by atoms with Gasteiger partial charge < -0.3 is 15.0 Å². The largest absolute Gasteiger partial charge is 0.467 e. The molecule has 0 spiro atoms. The Balaban J connectivity index is 2.52. The fourth-order valence-corrected chi connectivity index (χ4v) is 2.20. The summed E-state index contributed by atoms with van der Waals surface area (Å²) in [5, 5.41) is 0. The molecule has 0 aromatic carbocycles. The number of ether oxygens (including phenoxy) is 1. The van der Waals surface area contributed by atoms with Crippen LogP contribution in [0.15, 0.2) is 30.9 Å². The molecule has 106 valence electrons. The van der Waals surface area contributed by atoms with E-state index in [4.69, 9.17) is 10.5 Å². The summed E-state index contributed by atoms with van der Waals surface area (Å²) >= 11 is 0. The third kappa shape index (κ3) is 2.49. The maximum Gasteiger partial charge on any atom is 0.329 e. The molecule has 6 heteroatoms. The number of pyridine rings is 1. The summed E-state index contributed by atoms with van der Waals surface area (Å²) in [5.41, 5.74) is 7.40. The number of nitrogens with two attached hydrogens (primary N) is 1. The average Bonchev–Trinajstić information content (AvgIpc) is 2.87. The molecule has 1 unspecified atom stereocenters. The second kappa shape index (κ2) is 5.73. The predicted octanol–water partition coefficient (Wildman–Crippen LogP) is 1.90. The minimum Gasteiger partial charge on any atom is -0.467 e. The molecule has 1 atom stereocenters. The molecule has 2 aromatic heterocycles. The summed E-state index contributed by atoms with van der Waals surface area (Å²) in [6, 6.07) is 3.20. The van der Waals surface area contributed by atoms with Gasteiger partial charge in [-0.2, -0.15) is 0 Å². The molecule has 0 aliphatic rings. The molecular formula is C14H18N4O2. The number of carbonyl (C=O) groups is 1. The van der Waals surface area contributed by atoms with Crippen molar-refractivity contribution in [2.75, 3.05) is 12.8 Å². The average molecular weight is 274 g/mol. The van der Waals surface area contributed by atoms with Gasteiger partial charge in [0.25, 0.3) is 0 Å². The molecule has 0 fully saturated rings. The summed E-state index contributed by atoms with van der Waals surface area (Å²) in [6.45, 7) is 3.91. The number of hydrogen-bond acceptors (Lipinski definition) is 5. The fraction of sp³-hybridized carbons (Fsp3) is 0.357. The quantitative estimate of drug-likeness (QED) is 0.861. The molecule has 2 aromatic rings. The second-order valence-electron chi connectivity index (χ2n) is 4.83. The summed E-state index contributed by atoms with van der Waals surface area (Å²) in [4.78, 5) is 20.2. The number of rotatable bonds is 4. The van der Waals surface area contributed by atoms with Crippen molar-refractivity contribution in [3.63, 3.8) is 0 Å². The van der Waals surface area contributed by atoms with Crippen LogP contribution in [0.2, 0.25) is 0 Å². The van der Waals surface area contributed by atoms with Gasteiger partial charge in [-0.25, -0.2) is 14.8 Å². The number of methoxy groups -OCH3 is 1. The zero-order valence-electron chi connectivity index (χ0n) is 11.8. The molecule has 0 saturated carbocycles. The molecule has 0 radical (unpaired) electrons. The summed E-state index contributed by atoms with van der Waals surface area (Å²) in [7, 11) is 1.38. The van der Waals surface area contributed by atoms with E-state index in [-0.39, 0.29) is 11.9 Å². The number of esters is 1. The lowest BCUT2D eigenvalue weighted by atomic mass is 10.0. The van der Waals surface area contributed by atoms with E-state index in [1.54, 1.807) is 29.4 Å². The van der Waals surface area contributed by atoms with Gasteiger partial charge in [0.15, 0.2) is 0 Å². The topological polar surface area (TPSA) is 83.0 Å². The van der Waals surface area contributed by atoms with E-state index in [1.165, 1.54) is 7.11 Å². The van der Waals surface area contributed by atoms with Crippen LogP contribution >= 0.6 is 0 Å². The van der Waals surface area contributed by atoms with Crippen molar-refractivity contribution in [1.29, 1.82) is 0 Å². The summed E-state index contributed by atoms with van der Waals surface area (Å²) in [5.74, 6) is 0.164. The Morgan fingerprint density at radius 2 is 2.20 bits per heavy atom. The van der Waals surface area contributed by atoms with Crippen molar-refractivity contribution < 1.29 is 9.53 Å². The first kappa shape index (κ1) is 14.0. The van der Waals surface area contributed by atoms with E-state index >= 15 is 0 Å². The highest BCUT2D eigenvalue weighted by atomic mass is 16.5. The third-order valence-corrected chi connectivity index (χ3v) is 3.15. The van der Waals surface area contributed by atoms with Gasteiger partial charge in [-0.05, 0) is 18.1 Å². The normalized spacial score (nSPS) is 12.4. The van der Waals surface area contributed by atoms with Gasteiger partial charge in [-0.3, -0.25) is 0 Å². The lowest BCUT2D eigenvalue weighted by Gasteiger charge is -2.22. The Morgan fingerprint density at radius 1 is 1.45 bits per heavy atom. The highest BCUT2D eigenvalue weighted by Crippen LogP contribution is 2.29. The number of carbonyl (C=O) groups excluding carboxylic acids is 1. The summed E-state index contributed by atoms with van der Waals surface area (Å²) < 4.78 is 6.67. The fourth-order valence-electron chi connectivity index (χ4n) is 2.20. The highest BCUT2D eigenvalue weighted by Gasteiger charge is 2.27. The smallest absolute Gasteiger partial charge is 0.329 e. The first-order valence-electron chi connectivity index (χ1n) is 6.36. The van der Waals surface area contributed by atoms with Crippen LogP contribution in [0.4, 0.5) is 5.82 Å². The monoisotopic (exact) mass is 274 g/mol. The number of nitrogens with zero attached hydrogens (tertiary/aromatic N) is 3. The standard InChI is InChI=1S/C14H18N4O2/c1-9(2)12(14(19)20-3)18-8-16-7-11(18)10-5-4-6-17-13(10)15/h4-9,12H,1-3H3,(H2,15,17). The molecule has 0 saturated heterocycles. The van der Waals surface area contributed by atoms with Gasteiger partial charge in [0.1, 0.15) is 11.9 Å². The minimum absolute atomic E-state index is 0.0632. The van der Waals surface area contributed by atoms with E-state index in [0.717, 1.165) is 11.3 Å². The van der Waals surface area contributed by atoms with Crippen molar-refractivity contribution in [1.82, 2.24) is 14.5 Å². The minimum atomic E-state index is -0.447. The van der Waals surface area contributed by atoms with Crippen LogP contribution in [-0.2, 0) is 9.53 Å². The highest BCUT2D eigenvalue weighted by molar-refractivity contribution is 5.77. The zero-order chi connectivity index (χ0) is 14.7. The molecule has 0 aliphatic carbocycles. The van der Waals surface area contributed by atoms with Gasteiger partial charge in [0.2, 0.25) is 0 Å². The van der Waals surface area contributed by atoms with Crippen LogP contribution in [0, 0.1) is 5.92 Å². The predicted molar refractivity (Wildman–Crippen MR) is 75.8 cm³/mol. The van der Waals surface area contributed by atoms with E-state index in [2.05, 4.69) is 9.97 Å². The van der Waals surface area contributed by atoms with Crippen LogP contribution in [0.25, 0.3) is 11.3 Å². The van der Waals surface area contributed by atoms with Gasteiger partial charge in [-0.1, -0.05) is 13.8 Å². The summed E-state index contributed by atoms with van der Waals surface area (Å²) in [6.07, 6.45) is 4.91. The molecule has 20 heavy (non-hydrogen) atoms. The van der Waals surface area contributed by atoms with Crippen molar-refractivity contribution in [2.24, 2.45) is 5.92 Å². The van der Waals surface area contributed by atoms with E-state index in [1.807, 2.05) is 19.9 Å². The molecule has 2 heterocycles. The van der Waals surface area contributed by atoms with Crippen LogP contribution in [0.1, 0.15) is 19.9 Å². The Morgan fingerprint density at radius 3 is 2.80 bits per heavy atom. The Kier molecular flexibility index (Phi) is 4.02. The van der Waals surface area contributed by atoms with Gasteiger partial charge in [0, 0.05) is 11.8 Å². The lowest BCUT2D eigenvalue weighted by Crippen LogP contribution is -2.25. The molecule has 0 bridgehead atoms. The van der Waals surface area contributed by atoms with Crippen molar-refractivity contribution >= 4 is 11.8 Å². The molecule has 0 amide bonds. The van der Waals surface area contributed by atoms with Crippen molar-refractivity contribution in [3.8, 4) is 11.3 Å². The maximum atomic E-state index is 12.0. The molecule has 6 nitrogen and oxygen atoms in total. The first-order valence-corrected chi connectivity index (χ1v) is 6.36. The van der Waals surface area contributed by atoms with Crippen molar-refractivity contribution in [3.05, 3.63) is 30.9 Å². The van der Waals surface area contributed by atoms with Gasteiger partial charge >= 0.3 is 5.97 Å². The van der Waals surface area contributed by atoms with E-state index in [9.17, 15) is 4.79 Å². The van der Waals surface area contributed by atoms with Crippen LogP contribution < -0.4 is 5.73 Å². The third-order valence-electron chi connectivity index (χ3n) is 3.15. The first-order chi connectivity index (χ1) is 9.56. The van der Waals surface area contributed by atoms with Crippen LogP contribution in [0.5, 0.6) is 0 Å². The SMILES string of the molecule is COC(=O)C(C(C)C)n1cncc1-c1cccnc1N. The number of aromatic nitrogens is 3. The zero-order valence-corrected chi connectivity index (χ0v) is 11.8. The number of hydrogen-bond donors (Lipinski definition) is 1. The molecular weight excluding hydrogens is 256 g/mol. The van der Waals surface area contributed by atoms with Crippen LogP contribution in [0.3, 0.4) is 0 Å². The maximum absolute atomic E-state index is 12.0. The number of anilines is 1. The number of imidazole rings is 1. The van der Waals surface area contributed by atoms with E-state index in [0.29, 0.717) is 5.82 Å². The van der Waals surface area contributed by atoms with Crippen LogP contribution in [-0.4, -0.2) is 27.6 Å². The van der Waals surface area contributed by atoms with Gasteiger partial charge in [-0.15, -0.1) is 0 Å². The molecule has 2 N–H and O–H groups in total. The second-order valence-corrected chi connectivity index (χ2v) is 4.83. The molecule has 2 rings (SSSR count).